The van der Waals surface area contributed by atoms with E-state index in [2.05, 4.69) is 5.32 Å². The zero-order valence-corrected chi connectivity index (χ0v) is 12.9. The molecule has 0 atom stereocenters. The van der Waals surface area contributed by atoms with Gasteiger partial charge in [-0.05, 0) is 0 Å². The van der Waals surface area contributed by atoms with E-state index in [4.69, 9.17) is 28.4 Å². The second-order valence-electron chi connectivity index (χ2n) is 3.83. The zero-order chi connectivity index (χ0) is 15.6. The van der Waals surface area contributed by atoms with E-state index in [0.717, 1.165) is 0 Å². The third-order valence-corrected chi connectivity index (χ3v) is 2.21. The van der Waals surface area contributed by atoms with Crippen LogP contribution < -0.4 is 5.32 Å². The van der Waals surface area contributed by atoms with Crippen LogP contribution in [-0.2, 0) is 28.4 Å². The molecule has 0 aromatic heterocycles. The standard InChI is InChI=1S/C13H27NO7/c1-14-13(15)21-12-11-20-10-9-19-8-7-18-6-5-17-4-3-16-2/h3-12H2,1-2H3,(H,14,15). The fourth-order valence-electron chi connectivity index (χ4n) is 1.17. The lowest BCUT2D eigenvalue weighted by Gasteiger charge is -2.07. The van der Waals surface area contributed by atoms with Gasteiger partial charge in [0.25, 0.3) is 0 Å². The first kappa shape index (κ1) is 20.1. The number of hydrogen-bond donors (Lipinski definition) is 1. The summed E-state index contributed by atoms with van der Waals surface area (Å²) >= 11 is 0. The van der Waals surface area contributed by atoms with Gasteiger partial charge in [0.05, 0.1) is 59.5 Å². The van der Waals surface area contributed by atoms with Gasteiger partial charge in [-0.25, -0.2) is 4.79 Å². The molecular weight excluding hydrogens is 282 g/mol. The minimum atomic E-state index is -0.460. The molecule has 8 heteroatoms. The monoisotopic (exact) mass is 309 g/mol. The molecule has 0 spiro atoms. The second kappa shape index (κ2) is 17.1. The Morgan fingerprint density at radius 2 is 1.10 bits per heavy atom. The first-order valence-corrected chi connectivity index (χ1v) is 6.95. The van der Waals surface area contributed by atoms with E-state index < -0.39 is 6.09 Å². The number of alkyl carbamates (subject to hydrolysis) is 1. The summed E-state index contributed by atoms with van der Waals surface area (Å²) in [5, 5.41) is 2.34. The third-order valence-electron chi connectivity index (χ3n) is 2.21. The molecule has 0 saturated heterocycles. The van der Waals surface area contributed by atoms with Gasteiger partial charge in [-0.1, -0.05) is 0 Å². The maximum Gasteiger partial charge on any atom is 0.406 e. The average molecular weight is 309 g/mol. The van der Waals surface area contributed by atoms with Gasteiger partial charge in [0, 0.05) is 14.2 Å². The molecular formula is C13H27NO7. The number of hydrogen-bond acceptors (Lipinski definition) is 7. The van der Waals surface area contributed by atoms with Gasteiger partial charge in [0.1, 0.15) is 6.61 Å². The normalized spacial score (nSPS) is 10.6. The molecule has 8 nitrogen and oxygen atoms in total. The van der Waals surface area contributed by atoms with Crippen molar-refractivity contribution in [2.24, 2.45) is 0 Å². The lowest BCUT2D eigenvalue weighted by Crippen LogP contribution is -2.21. The molecule has 1 N–H and O–H groups in total. The molecule has 0 aliphatic carbocycles. The highest BCUT2D eigenvalue weighted by molar-refractivity contribution is 5.66. The maximum atomic E-state index is 10.7. The van der Waals surface area contributed by atoms with Crippen LogP contribution in [0.3, 0.4) is 0 Å². The van der Waals surface area contributed by atoms with Crippen LogP contribution in [0.1, 0.15) is 0 Å². The van der Waals surface area contributed by atoms with E-state index in [1.165, 1.54) is 7.05 Å². The maximum absolute atomic E-state index is 10.7. The molecule has 0 aromatic carbocycles. The van der Waals surface area contributed by atoms with Crippen molar-refractivity contribution >= 4 is 6.09 Å². The van der Waals surface area contributed by atoms with Crippen molar-refractivity contribution in [3.8, 4) is 0 Å². The SMILES string of the molecule is CNC(=O)OCCOCCOCCOCCOCCOC. The fraction of sp³-hybridized carbons (Fsp3) is 0.923. The number of carbonyl (C=O) groups is 1. The Morgan fingerprint density at radius 1 is 0.714 bits per heavy atom. The molecule has 0 aromatic rings. The summed E-state index contributed by atoms with van der Waals surface area (Å²) in [6.45, 7) is 4.82. The van der Waals surface area contributed by atoms with Crippen LogP contribution in [0.25, 0.3) is 0 Å². The van der Waals surface area contributed by atoms with Crippen LogP contribution in [-0.4, -0.2) is 86.3 Å². The zero-order valence-electron chi connectivity index (χ0n) is 12.9. The van der Waals surface area contributed by atoms with Crippen LogP contribution in [0.4, 0.5) is 4.79 Å². The molecule has 0 saturated carbocycles. The van der Waals surface area contributed by atoms with Gasteiger partial charge in [-0.15, -0.1) is 0 Å². The molecule has 1 amide bonds. The molecule has 0 rings (SSSR count). The largest absolute Gasteiger partial charge is 0.447 e. The Kier molecular flexibility index (Phi) is 16.4. The van der Waals surface area contributed by atoms with Gasteiger partial charge in [-0.2, -0.15) is 0 Å². The van der Waals surface area contributed by atoms with Crippen molar-refractivity contribution in [1.29, 1.82) is 0 Å². The van der Waals surface area contributed by atoms with Crippen LogP contribution >= 0.6 is 0 Å². The molecule has 0 radical (unpaired) electrons. The molecule has 0 heterocycles. The molecule has 0 fully saturated rings. The number of ether oxygens (including phenoxy) is 6. The molecule has 0 aliphatic rings. The van der Waals surface area contributed by atoms with E-state index in [9.17, 15) is 4.79 Å². The Morgan fingerprint density at radius 3 is 1.48 bits per heavy atom. The minimum absolute atomic E-state index is 0.228. The predicted octanol–water partition coefficient (Wildman–Crippen LogP) is 0.0552. The number of carbonyl (C=O) groups excluding carboxylic acids is 1. The molecule has 126 valence electrons. The van der Waals surface area contributed by atoms with Gasteiger partial charge in [-0.3, -0.25) is 0 Å². The molecule has 0 bridgehead atoms. The Labute approximate surface area is 126 Å². The lowest BCUT2D eigenvalue weighted by molar-refractivity contribution is -0.0111. The Bertz CT molecular complexity index is 229. The number of methoxy groups -OCH3 is 1. The highest BCUT2D eigenvalue weighted by atomic mass is 16.6. The van der Waals surface area contributed by atoms with Gasteiger partial charge in [0.15, 0.2) is 0 Å². The summed E-state index contributed by atoms with van der Waals surface area (Å²) in [5.41, 5.74) is 0. The predicted molar refractivity (Wildman–Crippen MR) is 75.6 cm³/mol. The van der Waals surface area contributed by atoms with Crippen LogP contribution in [0.15, 0.2) is 0 Å². The van der Waals surface area contributed by atoms with E-state index >= 15 is 0 Å². The van der Waals surface area contributed by atoms with Crippen molar-refractivity contribution < 1.29 is 33.2 Å². The third kappa shape index (κ3) is 17.0. The van der Waals surface area contributed by atoms with E-state index in [-0.39, 0.29) is 6.61 Å². The quantitative estimate of drug-likeness (QED) is 0.428. The fourth-order valence-corrected chi connectivity index (χ4v) is 1.17. The summed E-state index contributed by atoms with van der Waals surface area (Å²) in [6, 6.07) is 0. The van der Waals surface area contributed by atoms with Crippen LogP contribution in [0.2, 0.25) is 0 Å². The summed E-state index contributed by atoms with van der Waals surface area (Å²) in [5.74, 6) is 0. The smallest absolute Gasteiger partial charge is 0.406 e. The van der Waals surface area contributed by atoms with Crippen LogP contribution in [0, 0.1) is 0 Å². The Hall–Kier alpha value is -0.930. The average Bonchev–Trinajstić information content (AvgIpc) is 2.50. The summed E-state index contributed by atoms with van der Waals surface area (Å²) in [6.07, 6.45) is -0.460. The van der Waals surface area contributed by atoms with Crippen molar-refractivity contribution in [3.05, 3.63) is 0 Å². The van der Waals surface area contributed by atoms with Gasteiger partial charge >= 0.3 is 6.09 Å². The highest BCUT2D eigenvalue weighted by Crippen LogP contribution is 1.84. The van der Waals surface area contributed by atoms with Crippen molar-refractivity contribution in [2.45, 2.75) is 0 Å². The highest BCUT2D eigenvalue weighted by Gasteiger charge is 1.96. The second-order valence-corrected chi connectivity index (χ2v) is 3.83. The molecule has 21 heavy (non-hydrogen) atoms. The topological polar surface area (TPSA) is 84.5 Å². The van der Waals surface area contributed by atoms with E-state index in [1.54, 1.807) is 7.11 Å². The van der Waals surface area contributed by atoms with Crippen molar-refractivity contribution in [2.75, 3.05) is 80.2 Å². The van der Waals surface area contributed by atoms with Gasteiger partial charge < -0.3 is 33.7 Å². The first-order chi connectivity index (χ1) is 10.3. The van der Waals surface area contributed by atoms with E-state index in [1.807, 2.05) is 0 Å². The molecule has 0 aliphatic heterocycles. The van der Waals surface area contributed by atoms with Gasteiger partial charge in [0.2, 0.25) is 0 Å². The Balaban J connectivity index is 2.98. The summed E-state index contributed by atoms with van der Waals surface area (Å²) in [7, 11) is 3.14. The van der Waals surface area contributed by atoms with Crippen molar-refractivity contribution in [3.63, 3.8) is 0 Å². The number of rotatable bonds is 15. The number of amides is 1. The minimum Gasteiger partial charge on any atom is -0.447 e. The number of nitrogens with one attached hydrogen (secondary N) is 1. The van der Waals surface area contributed by atoms with Crippen molar-refractivity contribution in [1.82, 2.24) is 5.32 Å². The summed E-state index contributed by atoms with van der Waals surface area (Å²) in [4.78, 5) is 10.7. The molecule has 0 unspecified atom stereocenters. The van der Waals surface area contributed by atoms with Crippen LogP contribution in [0.5, 0.6) is 0 Å². The van der Waals surface area contributed by atoms with E-state index in [0.29, 0.717) is 59.5 Å². The first-order valence-electron chi connectivity index (χ1n) is 6.95. The lowest BCUT2D eigenvalue weighted by atomic mass is 10.7. The summed E-state index contributed by atoms with van der Waals surface area (Å²) < 4.78 is 30.6.